The zero-order valence-electron chi connectivity index (χ0n) is 16.8. The van der Waals surface area contributed by atoms with Gasteiger partial charge in [0.05, 0.1) is 25.5 Å². The maximum Gasteiger partial charge on any atom is 0.137 e. The summed E-state index contributed by atoms with van der Waals surface area (Å²) >= 11 is 0. The SMILES string of the molecule is C[C@H](C(=N)n1cc(O[C@@H]2CC[C@H](N)c3ccccc32)ccc1=N)N1CCOCC1. The molecule has 7 nitrogen and oxygen atoms in total. The smallest absolute Gasteiger partial charge is 0.137 e. The topological polar surface area (TPSA) is 100 Å². The van der Waals surface area contributed by atoms with Crippen LogP contribution in [-0.4, -0.2) is 47.6 Å². The fourth-order valence-corrected chi connectivity index (χ4v) is 4.16. The largest absolute Gasteiger partial charge is 0.484 e. The fourth-order valence-electron chi connectivity index (χ4n) is 4.16. The summed E-state index contributed by atoms with van der Waals surface area (Å²) < 4.78 is 13.3. The van der Waals surface area contributed by atoms with Gasteiger partial charge in [0.2, 0.25) is 0 Å². The van der Waals surface area contributed by atoms with E-state index < -0.39 is 0 Å². The molecule has 2 heterocycles. The van der Waals surface area contributed by atoms with Crippen molar-refractivity contribution in [2.75, 3.05) is 26.3 Å². The van der Waals surface area contributed by atoms with Gasteiger partial charge in [0.1, 0.15) is 23.2 Å². The first-order valence-electron chi connectivity index (χ1n) is 10.2. The molecule has 1 fully saturated rings. The van der Waals surface area contributed by atoms with E-state index in [1.807, 2.05) is 25.1 Å². The second kappa shape index (κ2) is 8.49. The Morgan fingerprint density at radius 3 is 2.62 bits per heavy atom. The molecule has 3 atom stereocenters. The molecule has 0 saturated carbocycles. The molecule has 0 bridgehead atoms. The minimum absolute atomic E-state index is 0.0501. The van der Waals surface area contributed by atoms with Gasteiger partial charge in [0.25, 0.3) is 0 Å². The van der Waals surface area contributed by atoms with Crippen LogP contribution >= 0.6 is 0 Å². The number of nitrogens with zero attached hydrogens (tertiary/aromatic N) is 2. The summed E-state index contributed by atoms with van der Waals surface area (Å²) in [5, 5.41) is 16.9. The number of nitrogens with two attached hydrogens (primary N) is 1. The van der Waals surface area contributed by atoms with Gasteiger partial charge in [-0.2, -0.15) is 0 Å². The Morgan fingerprint density at radius 1 is 1.14 bits per heavy atom. The van der Waals surface area contributed by atoms with Crippen molar-refractivity contribution in [3.63, 3.8) is 0 Å². The number of hydrogen-bond acceptors (Lipinski definition) is 6. The van der Waals surface area contributed by atoms with E-state index >= 15 is 0 Å². The van der Waals surface area contributed by atoms with Crippen LogP contribution in [-0.2, 0) is 4.74 Å². The summed E-state index contributed by atoms with van der Waals surface area (Å²) in [6.45, 7) is 4.97. The van der Waals surface area contributed by atoms with Crippen molar-refractivity contribution in [1.29, 1.82) is 10.8 Å². The molecule has 7 heteroatoms. The highest BCUT2D eigenvalue weighted by Gasteiger charge is 2.27. The van der Waals surface area contributed by atoms with Gasteiger partial charge in [0.15, 0.2) is 0 Å². The molecule has 0 radical (unpaired) electrons. The van der Waals surface area contributed by atoms with Crippen LogP contribution in [0.15, 0.2) is 42.6 Å². The van der Waals surface area contributed by atoms with Crippen molar-refractivity contribution < 1.29 is 9.47 Å². The van der Waals surface area contributed by atoms with Gasteiger partial charge in [-0.15, -0.1) is 0 Å². The number of hydrogen-bond donors (Lipinski definition) is 3. The molecule has 2 aromatic rings. The molecule has 1 saturated heterocycles. The van der Waals surface area contributed by atoms with Gasteiger partial charge in [-0.1, -0.05) is 24.3 Å². The Bertz CT molecular complexity index is 935. The van der Waals surface area contributed by atoms with Crippen LogP contribution in [0, 0.1) is 10.8 Å². The number of aromatic nitrogens is 1. The molecular formula is C22H29N5O2. The first-order chi connectivity index (χ1) is 14.0. The van der Waals surface area contributed by atoms with Crippen LogP contribution in [0.4, 0.5) is 0 Å². The summed E-state index contributed by atoms with van der Waals surface area (Å²) in [6.07, 6.45) is 3.42. The molecule has 2 aliphatic rings. The van der Waals surface area contributed by atoms with Crippen molar-refractivity contribution in [2.24, 2.45) is 5.73 Å². The number of benzene rings is 1. The van der Waals surface area contributed by atoms with Crippen LogP contribution in [0.2, 0.25) is 0 Å². The van der Waals surface area contributed by atoms with Crippen LogP contribution in [0.5, 0.6) is 5.75 Å². The highest BCUT2D eigenvalue weighted by atomic mass is 16.5. The fraction of sp³-hybridized carbons (Fsp3) is 0.455. The van der Waals surface area contributed by atoms with Gasteiger partial charge >= 0.3 is 0 Å². The number of fused-ring (bicyclic) bond motifs is 1. The highest BCUT2D eigenvalue weighted by molar-refractivity contribution is 5.86. The quantitative estimate of drug-likeness (QED) is 0.547. The average molecular weight is 396 g/mol. The zero-order valence-corrected chi connectivity index (χ0v) is 16.8. The highest BCUT2D eigenvalue weighted by Crippen LogP contribution is 2.37. The average Bonchev–Trinajstić information content (AvgIpc) is 2.77. The normalized spacial score (nSPS) is 23.2. The van der Waals surface area contributed by atoms with Crippen LogP contribution in [0.3, 0.4) is 0 Å². The lowest BCUT2D eigenvalue weighted by Crippen LogP contribution is -2.48. The molecule has 29 heavy (non-hydrogen) atoms. The standard InChI is InChI=1S/C22H29N5O2/c1-15(26-10-12-28-13-11-26)22(25)27-14-16(6-9-21(27)24)29-20-8-7-19(23)17-4-2-3-5-18(17)20/h2-6,9,14-15,19-20,24-25H,7-8,10-13,23H2,1H3/t15-,19+,20-/m1/s1. The van der Waals surface area contributed by atoms with E-state index in [1.165, 1.54) is 0 Å². The monoisotopic (exact) mass is 395 g/mol. The number of morpholine rings is 1. The Kier molecular flexibility index (Phi) is 5.80. The maximum atomic E-state index is 8.66. The van der Waals surface area contributed by atoms with E-state index in [0.717, 1.165) is 37.1 Å². The van der Waals surface area contributed by atoms with Crippen molar-refractivity contribution in [3.8, 4) is 5.75 Å². The minimum Gasteiger partial charge on any atom is -0.484 e. The third kappa shape index (κ3) is 4.12. The zero-order chi connectivity index (χ0) is 20.4. The third-order valence-electron chi connectivity index (χ3n) is 5.93. The number of rotatable bonds is 4. The summed E-state index contributed by atoms with van der Waals surface area (Å²) in [4.78, 5) is 2.21. The molecule has 0 amide bonds. The van der Waals surface area contributed by atoms with Crippen molar-refractivity contribution in [2.45, 2.75) is 38.0 Å². The first kappa shape index (κ1) is 19.8. The van der Waals surface area contributed by atoms with Gasteiger partial charge in [-0.3, -0.25) is 20.3 Å². The second-order valence-electron chi connectivity index (χ2n) is 7.75. The van der Waals surface area contributed by atoms with Crippen molar-refractivity contribution in [1.82, 2.24) is 9.47 Å². The molecule has 154 valence electrons. The molecule has 0 spiro atoms. The summed E-state index contributed by atoms with van der Waals surface area (Å²) in [5.74, 6) is 1.03. The van der Waals surface area contributed by atoms with Crippen LogP contribution < -0.4 is 16.0 Å². The van der Waals surface area contributed by atoms with Gasteiger partial charge in [0, 0.05) is 19.1 Å². The molecule has 4 rings (SSSR count). The Labute approximate surface area is 171 Å². The molecule has 1 aliphatic heterocycles. The summed E-state index contributed by atoms with van der Waals surface area (Å²) in [5.41, 5.74) is 8.81. The number of pyridine rings is 1. The first-order valence-corrected chi connectivity index (χ1v) is 10.2. The molecular weight excluding hydrogens is 366 g/mol. The van der Waals surface area contributed by atoms with Gasteiger partial charge in [-0.25, -0.2) is 0 Å². The van der Waals surface area contributed by atoms with E-state index in [1.54, 1.807) is 16.8 Å². The Morgan fingerprint density at radius 2 is 1.86 bits per heavy atom. The van der Waals surface area contributed by atoms with Crippen molar-refractivity contribution >= 4 is 5.84 Å². The predicted molar refractivity (Wildman–Crippen MR) is 111 cm³/mol. The molecule has 0 unspecified atom stereocenters. The van der Waals surface area contributed by atoms with E-state index in [0.29, 0.717) is 24.8 Å². The van der Waals surface area contributed by atoms with Gasteiger partial charge < -0.3 is 15.2 Å². The minimum atomic E-state index is -0.100. The van der Waals surface area contributed by atoms with E-state index in [9.17, 15) is 0 Å². The lowest BCUT2D eigenvalue weighted by Gasteiger charge is -2.33. The molecule has 4 N–H and O–H groups in total. The number of nitrogens with one attached hydrogen (secondary N) is 2. The summed E-state index contributed by atoms with van der Waals surface area (Å²) in [6, 6.07) is 11.6. The third-order valence-corrected chi connectivity index (χ3v) is 5.93. The van der Waals surface area contributed by atoms with Crippen molar-refractivity contribution in [3.05, 3.63) is 59.2 Å². The summed E-state index contributed by atoms with van der Waals surface area (Å²) in [7, 11) is 0. The molecule has 1 aromatic carbocycles. The lowest BCUT2D eigenvalue weighted by molar-refractivity contribution is 0.0311. The van der Waals surface area contributed by atoms with E-state index in [2.05, 4.69) is 17.0 Å². The van der Waals surface area contributed by atoms with E-state index in [-0.39, 0.29) is 23.7 Å². The second-order valence-corrected chi connectivity index (χ2v) is 7.75. The van der Waals surface area contributed by atoms with Crippen LogP contribution in [0.1, 0.15) is 43.0 Å². The molecule has 1 aliphatic carbocycles. The number of ether oxygens (including phenoxy) is 2. The molecule has 1 aromatic heterocycles. The Balaban J connectivity index is 1.55. The van der Waals surface area contributed by atoms with Gasteiger partial charge in [-0.05, 0) is 43.0 Å². The van der Waals surface area contributed by atoms with E-state index in [4.69, 9.17) is 26.0 Å². The lowest BCUT2D eigenvalue weighted by atomic mass is 9.86. The van der Waals surface area contributed by atoms with Crippen LogP contribution in [0.25, 0.3) is 0 Å². The predicted octanol–water partition coefficient (Wildman–Crippen LogP) is 2.43. The maximum absolute atomic E-state index is 8.66. The Hall–Kier alpha value is -2.48.